The van der Waals surface area contributed by atoms with E-state index in [1.54, 1.807) is 25.5 Å². The van der Waals surface area contributed by atoms with Gasteiger partial charge in [0.25, 0.3) is 0 Å². The molecule has 0 aliphatic heterocycles. The lowest BCUT2D eigenvalue weighted by Gasteiger charge is -2.09. The van der Waals surface area contributed by atoms with Gasteiger partial charge in [0.2, 0.25) is 0 Å². The summed E-state index contributed by atoms with van der Waals surface area (Å²) < 4.78 is 10.5. The zero-order valence-corrected chi connectivity index (χ0v) is 20.1. The number of thiazole rings is 1. The Bertz CT molecular complexity index is 921. The van der Waals surface area contributed by atoms with Crippen molar-refractivity contribution in [3.05, 3.63) is 52.9 Å². The van der Waals surface area contributed by atoms with Gasteiger partial charge >= 0.3 is 0 Å². The molecule has 156 valence electrons. The van der Waals surface area contributed by atoms with Crippen LogP contribution in [0, 0.1) is 0 Å². The van der Waals surface area contributed by atoms with Crippen LogP contribution in [0.1, 0.15) is 36.9 Å². The van der Waals surface area contributed by atoms with Gasteiger partial charge in [-0.15, -0.1) is 35.3 Å². The number of rotatable bonds is 7. The van der Waals surface area contributed by atoms with Gasteiger partial charge in [-0.05, 0) is 30.2 Å². The first-order valence-electron chi connectivity index (χ1n) is 9.08. The summed E-state index contributed by atoms with van der Waals surface area (Å²) in [6.07, 6.45) is 0. The third kappa shape index (κ3) is 6.43. The van der Waals surface area contributed by atoms with Crippen LogP contribution in [0.5, 0.6) is 5.75 Å². The third-order valence-electron chi connectivity index (χ3n) is 4.15. The maximum atomic E-state index is 5.34. The first kappa shape index (κ1) is 23.1. The number of guanidine groups is 1. The van der Waals surface area contributed by atoms with Crippen molar-refractivity contribution >= 4 is 41.3 Å². The van der Waals surface area contributed by atoms with Crippen molar-refractivity contribution in [2.45, 2.75) is 32.9 Å². The highest BCUT2D eigenvalue weighted by molar-refractivity contribution is 14.0. The molecule has 2 N–H and O–H groups in total. The Hall–Kier alpha value is -2.14. The number of nitrogens with one attached hydrogen (secondary N) is 2. The molecule has 0 aliphatic carbocycles. The molecule has 0 atom stereocenters. The average Bonchev–Trinajstić information content (AvgIpc) is 3.38. The maximum Gasteiger partial charge on any atom is 0.191 e. The number of aromatic nitrogens is 2. The molecule has 0 saturated carbocycles. The molecule has 0 fully saturated rings. The second-order valence-corrected chi connectivity index (χ2v) is 7.38. The van der Waals surface area contributed by atoms with E-state index in [0.29, 0.717) is 25.0 Å². The van der Waals surface area contributed by atoms with Crippen molar-refractivity contribution in [1.82, 2.24) is 20.8 Å². The van der Waals surface area contributed by atoms with Crippen LogP contribution in [-0.2, 0) is 13.1 Å². The van der Waals surface area contributed by atoms with E-state index in [4.69, 9.17) is 9.26 Å². The van der Waals surface area contributed by atoms with Gasteiger partial charge in [0.05, 0.1) is 31.6 Å². The highest BCUT2D eigenvalue weighted by atomic mass is 127. The lowest BCUT2D eigenvalue weighted by atomic mass is 10.1. The molecule has 9 heteroatoms. The number of methoxy groups -OCH3 is 1. The predicted molar refractivity (Wildman–Crippen MR) is 127 cm³/mol. The molecule has 0 saturated heterocycles. The summed E-state index contributed by atoms with van der Waals surface area (Å²) in [7, 11) is 3.40. The number of halogens is 1. The van der Waals surface area contributed by atoms with E-state index in [1.807, 2.05) is 35.7 Å². The van der Waals surface area contributed by atoms with Crippen LogP contribution in [-0.4, -0.2) is 30.3 Å². The topological polar surface area (TPSA) is 84.6 Å². The third-order valence-corrected chi connectivity index (χ3v) is 5.09. The molecular formula is C20H26IN5O2S. The Labute approximate surface area is 192 Å². The van der Waals surface area contributed by atoms with Crippen molar-refractivity contribution in [2.24, 2.45) is 4.99 Å². The van der Waals surface area contributed by atoms with Gasteiger partial charge in [-0.1, -0.05) is 19.0 Å². The minimum Gasteiger partial charge on any atom is -0.497 e. The fourth-order valence-corrected chi connectivity index (χ4v) is 3.33. The summed E-state index contributed by atoms with van der Waals surface area (Å²) >= 11 is 1.62. The average molecular weight is 527 g/mol. The molecule has 29 heavy (non-hydrogen) atoms. The van der Waals surface area contributed by atoms with Crippen molar-refractivity contribution < 1.29 is 9.26 Å². The summed E-state index contributed by atoms with van der Waals surface area (Å²) in [6, 6.07) is 9.87. The number of benzene rings is 1. The van der Waals surface area contributed by atoms with Crippen molar-refractivity contribution in [2.75, 3.05) is 14.2 Å². The normalized spacial score (nSPS) is 11.3. The van der Waals surface area contributed by atoms with Gasteiger partial charge in [0.15, 0.2) is 11.7 Å². The molecule has 0 amide bonds. The van der Waals surface area contributed by atoms with Gasteiger partial charge in [0.1, 0.15) is 10.8 Å². The van der Waals surface area contributed by atoms with Crippen LogP contribution in [0.25, 0.3) is 10.6 Å². The van der Waals surface area contributed by atoms with Crippen molar-refractivity contribution in [3.8, 4) is 16.3 Å². The van der Waals surface area contributed by atoms with Gasteiger partial charge in [-0.3, -0.25) is 4.99 Å². The lowest BCUT2D eigenvalue weighted by Crippen LogP contribution is -2.36. The molecule has 0 aliphatic rings. The number of nitrogens with zero attached hydrogens (tertiary/aromatic N) is 3. The Kier molecular flexibility index (Phi) is 8.90. The van der Waals surface area contributed by atoms with E-state index in [9.17, 15) is 0 Å². The second kappa shape index (κ2) is 11.1. The number of ether oxygens (including phenoxy) is 1. The Balaban J connectivity index is 0.00000300. The minimum absolute atomic E-state index is 0. The van der Waals surface area contributed by atoms with E-state index in [1.165, 1.54) is 0 Å². The molecule has 0 spiro atoms. The highest BCUT2D eigenvalue weighted by Crippen LogP contribution is 2.25. The van der Waals surface area contributed by atoms with Gasteiger partial charge in [-0.2, -0.15) is 0 Å². The van der Waals surface area contributed by atoms with Crippen molar-refractivity contribution in [3.63, 3.8) is 0 Å². The van der Waals surface area contributed by atoms with Gasteiger partial charge in [0, 0.05) is 24.1 Å². The molecular weight excluding hydrogens is 501 g/mol. The Morgan fingerprint density at radius 1 is 1.21 bits per heavy atom. The van der Waals surface area contributed by atoms with Crippen LogP contribution >= 0.6 is 35.3 Å². The van der Waals surface area contributed by atoms with Crippen LogP contribution < -0.4 is 15.4 Å². The Morgan fingerprint density at radius 2 is 1.93 bits per heavy atom. The minimum atomic E-state index is 0. The summed E-state index contributed by atoms with van der Waals surface area (Å²) in [5, 5.41) is 13.6. The Morgan fingerprint density at radius 3 is 2.55 bits per heavy atom. The monoisotopic (exact) mass is 527 g/mol. The molecule has 3 aromatic rings. The number of aliphatic imine (C=N–C) groups is 1. The molecule has 0 bridgehead atoms. The van der Waals surface area contributed by atoms with Crippen LogP contribution in [0.4, 0.5) is 0 Å². The van der Waals surface area contributed by atoms with E-state index in [0.717, 1.165) is 33.5 Å². The lowest BCUT2D eigenvalue weighted by molar-refractivity contribution is 0.372. The smallest absolute Gasteiger partial charge is 0.191 e. The maximum absolute atomic E-state index is 5.34. The molecule has 2 heterocycles. The first-order valence-corrected chi connectivity index (χ1v) is 9.96. The standard InChI is InChI=1S/C20H25N5O2S.HI/c1-13(2)18-9-17(27-25-18)11-23-20(21-3)22-10-15-12-28-19(24-15)14-5-7-16(26-4)8-6-14;/h5-9,12-13H,10-11H2,1-4H3,(H2,21,22,23);1H. The fourth-order valence-electron chi connectivity index (χ4n) is 2.50. The quantitative estimate of drug-likeness (QED) is 0.269. The summed E-state index contributed by atoms with van der Waals surface area (Å²) in [5.41, 5.74) is 2.99. The molecule has 1 aromatic carbocycles. The summed E-state index contributed by atoms with van der Waals surface area (Å²) in [5.74, 6) is 2.65. The highest BCUT2D eigenvalue weighted by Gasteiger charge is 2.09. The SMILES string of the molecule is CN=C(NCc1csc(-c2ccc(OC)cc2)n1)NCc1cc(C(C)C)no1.I. The fraction of sp³-hybridized carbons (Fsp3) is 0.350. The second-order valence-electron chi connectivity index (χ2n) is 6.52. The zero-order valence-electron chi connectivity index (χ0n) is 16.9. The number of hydrogen-bond acceptors (Lipinski definition) is 6. The largest absolute Gasteiger partial charge is 0.497 e. The molecule has 7 nitrogen and oxygen atoms in total. The first-order chi connectivity index (χ1) is 13.6. The molecule has 2 aromatic heterocycles. The van der Waals surface area contributed by atoms with Gasteiger partial charge < -0.3 is 19.9 Å². The summed E-state index contributed by atoms with van der Waals surface area (Å²) in [4.78, 5) is 8.93. The zero-order chi connectivity index (χ0) is 19.9. The van der Waals surface area contributed by atoms with E-state index in [-0.39, 0.29) is 24.0 Å². The van der Waals surface area contributed by atoms with Gasteiger partial charge in [-0.25, -0.2) is 4.98 Å². The number of hydrogen-bond donors (Lipinski definition) is 2. The molecule has 0 unspecified atom stereocenters. The van der Waals surface area contributed by atoms with Crippen LogP contribution in [0.3, 0.4) is 0 Å². The molecule has 3 rings (SSSR count). The van der Waals surface area contributed by atoms with Crippen molar-refractivity contribution in [1.29, 1.82) is 0 Å². The van der Waals surface area contributed by atoms with Crippen LogP contribution in [0.2, 0.25) is 0 Å². The summed E-state index contributed by atoms with van der Waals surface area (Å²) in [6.45, 7) is 5.28. The van der Waals surface area contributed by atoms with E-state index in [2.05, 4.69) is 39.6 Å². The van der Waals surface area contributed by atoms with E-state index < -0.39 is 0 Å². The van der Waals surface area contributed by atoms with E-state index >= 15 is 0 Å². The van der Waals surface area contributed by atoms with Crippen LogP contribution in [0.15, 0.2) is 45.2 Å². The predicted octanol–water partition coefficient (Wildman–Crippen LogP) is 4.41. The molecule has 0 radical (unpaired) electrons.